The lowest BCUT2D eigenvalue weighted by Gasteiger charge is -2.30. The zero-order valence-electron chi connectivity index (χ0n) is 16.7. The third-order valence-corrected chi connectivity index (χ3v) is 6.92. The molecule has 0 bridgehead atoms. The molecule has 2 N–H and O–H groups in total. The molecule has 3 heterocycles. The third-order valence-electron chi connectivity index (χ3n) is 5.93. The molecule has 6 heteroatoms. The first-order chi connectivity index (χ1) is 13.5. The number of benzene rings is 1. The molecule has 0 spiro atoms. The smallest absolute Gasteiger partial charge is 0.202 e. The Morgan fingerprint density at radius 2 is 2.21 bits per heavy atom. The predicted molar refractivity (Wildman–Crippen MR) is 112 cm³/mol. The van der Waals surface area contributed by atoms with Gasteiger partial charge in [0.1, 0.15) is 29.1 Å². The normalized spacial score (nSPS) is 20.0. The number of thiazole rings is 1. The number of likely N-dealkylation sites (tertiary alicyclic amines) is 1. The van der Waals surface area contributed by atoms with Crippen LogP contribution in [-0.2, 0) is 13.0 Å². The van der Waals surface area contributed by atoms with Crippen molar-refractivity contribution in [1.82, 2.24) is 4.98 Å². The quantitative estimate of drug-likeness (QED) is 0.705. The molecule has 1 saturated heterocycles. The van der Waals surface area contributed by atoms with E-state index in [2.05, 4.69) is 11.9 Å². The van der Waals surface area contributed by atoms with Gasteiger partial charge in [-0.3, -0.25) is 4.79 Å². The summed E-state index contributed by atoms with van der Waals surface area (Å²) in [5.74, 6) is 0.279. The van der Waals surface area contributed by atoms with Crippen LogP contribution in [0.15, 0.2) is 26.9 Å². The van der Waals surface area contributed by atoms with Gasteiger partial charge in [-0.05, 0) is 51.2 Å². The zero-order valence-corrected chi connectivity index (χ0v) is 17.5. The third kappa shape index (κ3) is 3.35. The number of nitrogens with one attached hydrogen (secondary N) is 1. The first-order valence-electron chi connectivity index (χ1n) is 10.1. The summed E-state index contributed by atoms with van der Waals surface area (Å²) >= 11 is 1.45. The van der Waals surface area contributed by atoms with Crippen LogP contribution in [0.5, 0.6) is 5.75 Å². The van der Waals surface area contributed by atoms with Crippen molar-refractivity contribution >= 4 is 22.3 Å². The van der Waals surface area contributed by atoms with Crippen LogP contribution in [0.1, 0.15) is 49.9 Å². The van der Waals surface area contributed by atoms with Crippen LogP contribution in [0.2, 0.25) is 0 Å². The number of nitrogens with zero attached hydrogens (tertiary/aromatic N) is 1. The lowest BCUT2D eigenvalue weighted by atomic mass is 9.98. The number of hydrogen-bond donors (Lipinski definition) is 2. The molecule has 0 radical (unpaired) electrons. The monoisotopic (exact) mass is 399 g/mol. The highest BCUT2D eigenvalue weighted by molar-refractivity contribution is 7.13. The molecule has 1 aromatic carbocycles. The Morgan fingerprint density at radius 1 is 1.39 bits per heavy atom. The number of aromatic nitrogens is 1. The van der Waals surface area contributed by atoms with Crippen LogP contribution in [-0.4, -0.2) is 22.7 Å². The van der Waals surface area contributed by atoms with E-state index in [-0.39, 0.29) is 11.2 Å². The fraction of sp³-hybridized carbons (Fsp3) is 0.455. The summed E-state index contributed by atoms with van der Waals surface area (Å²) < 4.78 is 5.97. The van der Waals surface area contributed by atoms with E-state index in [4.69, 9.17) is 4.42 Å². The van der Waals surface area contributed by atoms with Crippen molar-refractivity contribution in [2.45, 2.75) is 59.0 Å². The van der Waals surface area contributed by atoms with Gasteiger partial charge in [0.25, 0.3) is 0 Å². The maximum Gasteiger partial charge on any atom is 0.202 e. The standard InChI is InChI=1S/C22H26N2O3S/c1-4-15-9-16-20(26)18(22-23-13(2)12-28-22)11-27-21(16)17(19(15)25)10-24-8-6-5-7-14(24)3/h9,11-12,14,25H,4-8,10H2,1-3H3/p+1/t14-/m0/s1. The summed E-state index contributed by atoms with van der Waals surface area (Å²) in [5.41, 5.74) is 3.38. The van der Waals surface area contributed by atoms with Crippen LogP contribution < -0.4 is 10.3 Å². The molecule has 148 valence electrons. The molecule has 5 nitrogen and oxygen atoms in total. The lowest BCUT2D eigenvalue weighted by Crippen LogP contribution is -3.14. The van der Waals surface area contributed by atoms with Crippen molar-refractivity contribution in [2.75, 3.05) is 6.54 Å². The molecule has 4 rings (SSSR count). The van der Waals surface area contributed by atoms with Gasteiger partial charge < -0.3 is 14.4 Å². The fourth-order valence-corrected chi connectivity index (χ4v) is 4.99. The van der Waals surface area contributed by atoms with Crippen LogP contribution in [0.3, 0.4) is 0 Å². The molecule has 3 aromatic rings. The number of hydrogen-bond acceptors (Lipinski definition) is 5. The Bertz CT molecular complexity index is 1070. The zero-order chi connectivity index (χ0) is 19.8. The molecule has 2 atom stereocenters. The van der Waals surface area contributed by atoms with E-state index < -0.39 is 0 Å². The number of rotatable bonds is 4. The predicted octanol–water partition coefficient (Wildman–Crippen LogP) is 3.45. The molecule has 2 aromatic heterocycles. The molecular weight excluding hydrogens is 372 g/mol. The molecule has 1 aliphatic rings. The molecule has 1 unspecified atom stereocenters. The number of quaternary nitrogens is 1. The number of aryl methyl sites for hydroxylation is 2. The van der Waals surface area contributed by atoms with Gasteiger partial charge in [-0.15, -0.1) is 11.3 Å². The highest BCUT2D eigenvalue weighted by Gasteiger charge is 2.27. The number of phenols is 1. The van der Waals surface area contributed by atoms with Gasteiger partial charge in [-0.1, -0.05) is 6.92 Å². The summed E-state index contributed by atoms with van der Waals surface area (Å²) in [5, 5.41) is 14.0. The largest absolute Gasteiger partial charge is 0.507 e. The van der Waals surface area contributed by atoms with Gasteiger partial charge in [-0.25, -0.2) is 4.98 Å². The van der Waals surface area contributed by atoms with Crippen molar-refractivity contribution < 1.29 is 14.4 Å². The highest BCUT2D eigenvalue weighted by Crippen LogP contribution is 2.32. The van der Waals surface area contributed by atoms with E-state index in [0.717, 1.165) is 23.4 Å². The van der Waals surface area contributed by atoms with Crippen molar-refractivity contribution in [1.29, 1.82) is 0 Å². The summed E-state index contributed by atoms with van der Waals surface area (Å²) in [6.45, 7) is 7.93. The van der Waals surface area contributed by atoms with Crippen molar-refractivity contribution in [2.24, 2.45) is 0 Å². The minimum atomic E-state index is -0.0757. The van der Waals surface area contributed by atoms with Gasteiger partial charge in [0.15, 0.2) is 0 Å². The molecule has 28 heavy (non-hydrogen) atoms. The Kier molecular flexibility index (Phi) is 5.25. The number of aromatic hydroxyl groups is 1. The van der Waals surface area contributed by atoms with Gasteiger partial charge in [0.2, 0.25) is 5.43 Å². The van der Waals surface area contributed by atoms with Crippen LogP contribution in [0.25, 0.3) is 21.5 Å². The molecular formula is C22H27N2O3S+. The fourth-order valence-electron chi connectivity index (χ4n) is 4.19. The lowest BCUT2D eigenvalue weighted by molar-refractivity contribution is -0.941. The Hall–Kier alpha value is -2.18. The average molecular weight is 400 g/mol. The van der Waals surface area contributed by atoms with E-state index >= 15 is 0 Å². The summed E-state index contributed by atoms with van der Waals surface area (Å²) in [6.07, 6.45) is 5.83. The molecule has 1 aliphatic heterocycles. The van der Waals surface area contributed by atoms with E-state index in [9.17, 15) is 9.90 Å². The Labute approximate surface area is 168 Å². The van der Waals surface area contributed by atoms with Crippen molar-refractivity contribution in [3.8, 4) is 16.3 Å². The van der Waals surface area contributed by atoms with Gasteiger partial charge >= 0.3 is 0 Å². The number of fused-ring (bicyclic) bond motifs is 1. The highest BCUT2D eigenvalue weighted by atomic mass is 32.1. The number of piperidine rings is 1. The molecule has 0 aliphatic carbocycles. The molecule has 0 amide bonds. The Morgan fingerprint density at radius 3 is 2.89 bits per heavy atom. The van der Waals surface area contributed by atoms with Crippen molar-refractivity contribution in [3.63, 3.8) is 0 Å². The maximum absolute atomic E-state index is 13.2. The molecule has 0 saturated carbocycles. The summed E-state index contributed by atoms with van der Waals surface area (Å²) in [6, 6.07) is 2.33. The van der Waals surface area contributed by atoms with Crippen LogP contribution >= 0.6 is 11.3 Å². The summed E-state index contributed by atoms with van der Waals surface area (Å²) in [4.78, 5) is 19.1. The van der Waals surface area contributed by atoms with E-state index in [1.165, 1.54) is 41.8 Å². The van der Waals surface area contributed by atoms with E-state index in [1.54, 1.807) is 6.07 Å². The van der Waals surface area contributed by atoms with Crippen molar-refractivity contribution in [3.05, 3.63) is 44.8 Å². The van der Waals surface area contributed by atoms with E-state index in [1.807, 2.05) is 19.2 Å². The molecule has 1 fully saturated rings. The van der Waals surface area contributed by atoms with Gasteiger partial charge in [-0.2, -0.15) is 0 Å². The topological polar surface area (TPSA) is 67.8 Å². The maximum atomic E-state index is 13.2. The second-order valence-corrected chi connectivity index (χ2v) is 8.71. The second kappa shape index (κ2) is 7.68. The Balaban J connectivity index is 1.87. The minimum Gasteiger partial charge on any atom is -0.507 e. The summed E-state index contributed by atoms with van der Waals surface area (Å²) in [7, 11) is 0. The van der Waals surface area contributed by atoms with Crippen LogP contribution in [0.4, 0.5) is 0 Å². The number of phenolic OH excluding ortho intramolecular Hbond substituents is 1. The average Bonchev–Trinajstić information content (AvgIpc) is 3.11. The SMILES string of the molecule is CCc1cc2c(=O)c(-c3nc(C)cs3)coc2c(C[NH+]2CCCC[C@@H]2C)c1O. The van der Waals surface area contributed by atoms with Gasteiger partial charge in [0.05, 0.1) is 29.1 Å². The van der Waals surface area contributed by atoms with Gasteiger partial charge in [0, 0.05) is 11.1 Å². The van der Waals surface area contributed by atoms with E-state index in [0.29, 0.717) is 40.5 Å². The first-order valence-corrected chi connectivity index (χ1v) is 10.9. The van der Waals surface area contributed by atoms with Crippen LogP contribution in [0, 0.1) is 6.92 Å². The minimum absolute atomic E-state index is 0.0757. The first kappa shape index (κ1) is 19.2. The second-order valence-electron chi connectivity index (χ2n) is 7.85.